The van der Waals surface area contributed by atoms with E-state index in [2.05, 4.69) is 44.8 Å². The summed E-state index contributed by atoms with van der Waals surface area (Å²) in [6.07, 6.45) is 1.78. The van der Waals surface area contributed by atoms with E-state index in [0.29, 0.717) is 18.1 Å². The van der Waals surface area contributed by atoms with Gasteiger partial charge in [0.2, 0.25) is 0 Å². The monoisotopic (exact) mass is 467 g/mol. The maximum absolute atomic E-state index is 13.2. The molecule has 0 bridgehead atoms. The Kier molecular flexibility index (Phi) is 6.93. The standard InChI is InChI=1S/C19H16BrClFN3OS/c1-2-8-25-18(11-26-15-6-7-17(22)16(21)10-15)23-24-19(25)27-12-13-4-3-5-14(20)9-13/h2-7,9-10H,1,8,11-12H2. The Bertz CT molecular complexity index is 950. The van der Waals surface area contributed by atoms with E-state index in [0.717, 1.165) is 15.4 Å². The molecule has 1 aromatic heterocycles. The fraction of sp³-hybridized carbons (Fsp3) is 0.158. The van der Waals surface area contributed by atoms with E-state index in [9.17, 15) is 4.39 Å². The number of allylic oxidation sites excluding steroid dienone is 1. The number of ether oxygens (including phenoxy) is 1. The van der Waals surface area contributed by atoms with E-state index in [-0.39, 0.29) is 11.6 Å². The van der Waals surface area contributed by atoms with Crippen LogP contribution in [0.3, 0.4) is 0 Å². The van der Waals surface area contributed by atoms with Gasteiger partial charge in [-0.25, -0.2) is 4.39 Å². The van der Waals surface area contributed by atoms with Crippen LogP contribution < -0.4 is 4.74 Å². The van der Waals surface area contributed by atoms with Gasteiger partial charge in [0, 0.05) is 22.8 Å². The molecule has 0 unspecified atom stereocenters. The van der Waals surface area contributed by atoms with Crippen LogP contribution in [0, 0.1) is 5.82 Å². The molecule has 0 aliphatic rings. The predicted octanol–water partition coefficient (Wildman–Crippen LogP) is 5.89. The van der Waals surface area contributed by atoms with Crippen molar-refractivity contribution in [3.63, 3.8) is 0 Å². The molecule has 4 nitrogen and oxygen atoms in total. The van der Waals surface area contributed by atoms with Gasteiger partial charge in [-0.15, -0.1) is 16.8 Å². The highest BCUT2D eigenvalue weighted by Crippen LogP contribution is 2.25. The van der Waals surface area contributed by atoms with Crippen molar-refractivity contribution >= 4 is 39.3 Å². The van der Waals surface area contributed by atoms with Gasteiger partial charge in [0.15, 0.2) is 11.0 Å². The first kappa shape index (κ1) is 19.9. The van der Waals surface area contributed by atoms with Gasteiger partial charge in [-0.1, -0.05) is 57.5 Å². The molecule has 140 valence electrons. The molecule has 0 radical (unpaired) electrons. The van der Waals surface area contributed by atoms with Crippen LogP contribution in [0.1, 0.15) is 11.4 Å². The summed E-state index contributed by atoms with van der Waals surface area (Å²) in [5.41, 5.74) is 1.18. The summed E-state index contributed by atoms with van der Waals surface area (Å²) >= 11 is 10.9. The molecule has 0 spiro atoms. The van der Waals surface area contributed by atoms with E-state index >= 15 is 0 Å². The molecule has 0 aliphatic heterocycles. The van der Waals surface area contributed by atoms with Crippen LogP contribution in [0.4, 0.5) is 4.39 Å². The quantitative estimate of drug-likeness (QED) is 0.305. The summed E-state index contributed by atoms with van der Waals surface area (Å²) in [7, 11) is 0. The number of halogens is 3. The van der Waals surface area contributed by atoms with Crippen LogP contribution in [-0.2, 0) is 18.9 Å². The van der Waals surface area contributed by atoms with E-state index in [4.69, 9.17) is 16.3 Å². The maximum atomic E-state index is 13.2. The van der Waals surface area contributed by atoms with Gasteiger partial charge in [0.1, 0.15) is 18.2 Å². The summed E-state index contributed by atoms with van der Waals surface area (Å²) < 4.78 is 21.9. The Labute approximate surface area is 174 Å². The van der Waals surface area contributed by atoms with Crippen LogP contribution in [0.15, 0.2) is 64.7 Å². The number of nitrogens with zero attached hydrogens (tertiary/aromatic N) is 3. The molecule has 0 fully saturated rings. The average Bonchev–Trinajstić information content (AvgIpc) is 3.03. The molecule has 0 N–H and O–H groups in total. The Morgan fingerprint density at radius 2 is 2.11 bits per heavy atom. The van der Waals surface area contributed by atoms with E-state index < -0.39 is 5.82 Å². The molecule has 0 saturated carbocycles. The molecule has 0 atom stereocenters. The van der Waals surface area contributed by atoms with Gasteiger partial charge < -0.3 is 4.74 Å². The highest BCUT2D eigenvalue weighted by atomic mass is 79.9. The molecule has 2 aromatic carbocycles. The molecule has 27 heavy (non-hydrogen) atoms. The molecule has 8 heteroatoms. The summed E-state index contributed by atoms with van der Waals surface area (Å²) in [6, 6.07) is 12.4. The lowest BCUT2D eigenvalue weighted by atomic mass is 10.2. The van der Waals surface area contributed by atoms with Gasteiger partial charge in [-0.3, -0.25) is 4.57 Å². The average molecular weight is 469 g/mol. The summed E-state index contributed by atoms with van der Waals surface area (Å²) in [5.74, 6) is 1.42. The third-order valence-electron chi connectivity index (χ3n) is 3.62. The number of hydrogen-bond acceptors (Lipinski definition) is 4. The van der Waals surface area contributed by atoms with Gasteiger partial charge in [-0.2, -0.15) is 0 Å². The lowest BCUT2D eigenvalue weighted by Crippen LogP contribution is -2.07. The lowest BCUT2D eigenvalue weighted by molar-refractivity contribution is 0.288. The predicted molar refractivity (Wildman–Crippen MR) is 110 cm³/mol. The molecular weight excluding hydrogens is 453 g/mol. The van der Waals surface area contributed by atoms with Crippen molar-refractivity contribution in [2.24, 2.45) is 0 Å². The molecule has 0 aliphatic carbocycles. The molecule has 3 aromatic rings. The topological polar surface area (TPSA) is 39.9 Å². The second kappa shape index (κ2) is 9.39. The minimum atomic E-state index is -0.481. The zero-order chi connectivity index (χ0) is 19.2. The minimum Gasteiger partial charge on any atom is -0.486 e. The molecule has 0 saturated heterocycles. The van der Waals surface area contributed by atoms with Crippen LogP contribution in [0.5, 0.6) is 5.75 Å². The summed E-state index contributed by atoms with van der Waals surface area (Å²) in [4.78, 5) is 0. The van der Waals surface area contributed by atoms with Gasteiger partial charge in [0.05, 0.1) is 5.02 Å². The van der Waals surface area contributed by atoms with Crippen LogP contribution in [0.25, 0.3) is 0 Å². The zero-order valence-corrected chi connectivity index (χ0v) is 17.4. The van der Waals surface area contributed by atoms with Crippen LogP contribution >= 0.6 is 39.3 Å². The van der Waals surface area contributed by atoms with E-state index in [1.807, 2.05) is 16.7 Å². The SMILES string of the molecule is C=CCn1c(COc2ccc(F)c(Cl)c2)nnc1SCc1cccc(Br)c1. The van der Waals surface area contributed by atoms with Crippen molar-refractivity contribution in [2.75, 3.05) is 0 Å². The largest absolute Gasteiger partial charge is 0.486 e. The summed E-state index contributed by atoms with van der Waals surface area (Å²) in [6.45, 7) is 4.56. The minimum absolute atomic E-state index is 0.0188. The number of aromatic nitrogens is 3. The highest BCUT2D eigenvalue weighted by molar-refractivity contribution is 9.10. The van der Waals surface area contributed by atoms with E-state index in [1.165, 1.54) is 23.8 Å². The highest BCUT2D eigenvalue weighted by Gasteiger charge is 2.13. The van der Waals surface area contributed by atoms with Gasteiger partial charge in [-0.05, 0) is 29.8 Å². The number of rotatable bonds is 8. The Hall–Kier alpha value is -1.83. The van der Waals surface area contributed by atoms with Crippen molar-refractivity contribution in [2.45, 2.75) is 24.1 Å². The van der Waals surface area contributed by atoms with Gasteiger partial charge >= 0.3 is 0 Å². The Balaban J connectivity index is 1.70. The third-order valence-corrected chi connectivity index (χ3v) is 5.44. The zero-order valence-electron chi connectivity index (χ0n) is 14.2. The van der Waals surface area contributed by atoms with Crippen LogP contribution in [-0.4, -0.2) is 14.8 Å². The molecule has 1 heterocycles. The first-order valence-electron chi connectivity index (χ1n) is 8.05. The first-order chi connectivity index (χ1) is 13.1. The summed E-state index contributed by atoms with van der Waals surface area (Å²) in [5, 5.41) is 9.29. The van der Waals surface area contributed by atoms with Crippen LogP contribution in [0.2, 0.25) is 5.02 Å². The molecule has 0 amide bonds. The second-order valence-corrected chi connectivity index (χ2v) is 7.85. The maximum Gasteiger partial charge on any atom is 0.191 e. The molecular formula is C19H16BrClFN3OS. The first-order valence-corrected chi connectivity index (χ1v) is 10.2. The second-order valence-electron chi connectivity index (χ2n) is 5.58. The number of thioether (sulfide) groups is 1. The van der Waals surface area contributed by atoms with Crippen molar-refractivity contribution in [3.05, 3.63) is 81.8 Å². The lowest BCUT2D eigenvalue weighted by Gasteiger charge is -2.09. The van der Waals surface area contributed by atoms with Crippen molar-refractivity contribution < 1.29 is 9.13 Å². The smallest absolute Gasteiger partial charge is 0.191 e. The van der Waals surface area contributed by atoms with E-state index in [1.54, 1.807) is 17.8 Å². The molecule has 3 rings (SSSR count). The number of hydrogen-bond donors (Lipinski definition) is 0. The third kappa shape index (κ3) is 5.34. The van der Waals surface area contributed by atoms with Crippen molar-refractivity contribution in [1.29, 1.82) is 0 Å². The van der Waals surface area contributed by atoms with Crippen molar-refractivity contribution in [1.82, 2.24) is 14.8 Å². The van der Waals surface area contributed by atoms with Gasteiger partial charge in [0.25, 0.3) is 0 Å². The fourth-order valence-corrected chi connectivity index (χ4v) is 3.86. The Morgan fingerprint density at radius 1 is 1.26 bits per heavy atom. The fourth-order valence-electron chi connectivity index (χ4n) is 2.33. The number of benzene rings is 2. The van der Waals surface area contributed by atoms with Crippen molar-refractivity contribution in [3.8, 4) is 5.75 Å². The normalized spacial score (nSPS) is 10.8. The Morgan fingerprint density at radius 3 is 2.85 bits per heavy atom.